The summed E-state index contributed by atoms with van der Waals surface area (Å²) in [6.45, 7) is 3.48. The van der Waals surface area contributed by atoms with Crippen LogP contribution in [-0.4, -0.2) is 53.6 Å². The molecule has 3 aromatic rings. The Hall–Kier alpha value is -2.99. The molecule has 0 saturated carbocycles. The van der Waals surface area contributed by atoms with E-state index < -0.39 is 0 Å². The molecular formula is C22H20N2O3S. The number of hydrogen-bond donors (Lipinski definition) is 0. The van der Waals surface area contributed by atoms with Gasteiger partial charge in [0.15, 0.2) is 5.78 Å². The molecule has 4 rings (SSSR count). The summed E-state index contributed by atoms with van der Waals surface area (Å²) in [5.41, 5.74) is 0.669. The summed E-state index contributed by atoms with van der Waals surface area (Å²) < 4.78 is 0. The molecule has 28 heavy (non-hydrogen) atoms. The third kappa shape index (κ3) is 3.55. The second kappa shape index (κ2) is 7.56. The van der Waals surface area contributed by atoms with Crippen LogP contribution in [0.4, 0.5) is 0 Å². The van der Waals surface area contributed by atoms with Crippen molar-refractivity contribution < 1.29 is 14.4 Å². The first-order valence-electron chi connectivity index (χ1n) is 9.21. The molecule has 0 spiro atoms. The van der Waals surface area contributed by atoms with Crippen molar-refractivity contribution in [2.45, 2.75) is 6.92 Å². The van der Waals surface area contributed by atoms with Gasteiger partial charge in [0.1, 0.15) is 0 Å². The van der Waals surface area contributed by atoms with Crippen LogP contribution in [0, 0.1) is 0 Å². The Morgan fingerprint density at radius 1 is 0.750 bits per heavy atom. The molecule has 1 aliphatic heterocycles. The smallest absolute Gasteiger partial charge is 0.264 e. The Kier molecular flexibility index (Phi) is 4.96. The molecule has 1 aliphatic rings. The highest BCUT2D eigenvalue weighted by molar-refractivity contribution is 7.15. The maximum atomic E-state index is 12.9. The predicted octanol–water partition coefficient (Wildman–Crippen LogP) is 3.70. The highest BCUT2D eigenvalue weighted by Gasteiger charge is 2.26. The number of fused-ring (bicyclic) bond motifs is 1. The van der Waals surface area contributed by atoms with Crippen LogP contribution in [0.25, 0.3) is 10.8 Å². The predicted molar refractivity (Wildman–Crippen MR) is 110 cm³/mol. The Morgan fingerprint density at radius 3 is 2.00 bits per heavy atom. The van der Waals surface area contributed by atoms with Gasteiger partial charge in [-0.3, -0.25) is 14.4 Å². The minimum absolute atomic E-state index is 0.00663. The molecule has 6 heteroatoms. The zero-order chi connectivity index (χ0) is 19.7. The lowest BCUT2D eigenvalue weighted by Gasteiger charge is -2.34. The highest BCUT2D eigenvalue weighted by atomic mass is 32.1. The Morgan fingerprint density at radius 2 is 1.36 bits per heavy atom. The normalized spacial score (nSPS) is 14.3. The first kappa shape index (κ1) is 18.4. The molecule has 1 fully saturated rings. The SMILES string of the molecule is CC(=O)c1ccc(C(=O)N2CCN(C(=O)c3ccc4ccccc4c3)CC2)s1. The molecule has 0 radical (unpaired) electrons. The topological polar surface area (TPSA) is 57.7 Å². The molecule has 2 heterocycles. The molecule has 0 unspecified atom stereocenters. The summed E-state index contributed by atoms with van der Waals surface area (Å²) >= 11 is 1.23. The number of benzene rings is 2. The van der Waals surface area contributed by atoms with E-state index >= 15 is 0 Å². The van der Waals surface area contributed by atoms with Crippen LogP contribution >= 0.6 is 11.3 Å². The third-order valence-electron chi connectivity index (χ3n) is 5.01. The van der Waals surface area contributed by atoms with E-state index in [1.54, 1.807) is 21.9 Å². The van der Waals surface area contributed by atoms with Crippen molar-refractivity contribution in [1.82, 2.24) is 9.80 Å². The van der Waals surface area contributed by atoms with Crippen molar-refractivity contribution >= 4 is 39.7 Å². The maximum Gasteiger partial charge on any atom is 0.264 e. The van der Waals surface area contributed by atoms with E-state index in [1.807, 2.05) is 42.5 Å². The first-order chi connectivity index (χ1) is 13.5. The van der Waals surface area contributed by atoms with Crippen LogP contribution in [0.3, 0.4) is 0 Å². The van der Waals surface area contributed by atoms with E-state index in [1.165, 1.54) is 18.3 Å². The first-order valence-corrected chi connectivity index (χ1v) is 10.0. The Bertz CT molecular complexity index is 1060. The van der Waals surface area contributed by atoms with Crippen LogP contribution in [0.5, 0.6) is 0 Å². The van der Waals surface area contributed by atoms with E-state index in [0.717, 1.165) is 10.8 Å². The van der Waals surface area contributed by atoms with Crippen molar-refractivity contribution in [2.75, 3.05) is 26.2 Å². The van der Waals surface area contributed by atoms with Gasteiger partial charge in [-0.2, -0.15) is 0 Å². The van der Waals surface area contributed by atoms with Gasteiger partial charge in [0.2, 0.25) is 0 Å². The number of piperazine rings is 1. The van der Waals surface area contributed by atoms with Crippen LogP contribution in [0.15, 0.2) is 54.6 Å². The van der Waals surface area contributed by atoms with Crippen molar-refractivity contribution in [3.8, 4) is 0 Å². The van der Waals surface area contributed by atoms with Gasteiger partial charge < -0.3 is 9.80 Å². The fourth-order valence-corrected chi connectivity index (χ4v) is 4.28. The van der Waals surface area contributed by atoms with Gasteiger partial charge in [-0.05, 0) is 42.0 Å². The van der Waals surface area contributed by atoms with Gasteiger partial charge in [0.05, 0.1) is 9.75 Å². The minimum Gasteiger partial charge on any atom is -0.335 e. The molecule has 5 nitrogen and oxygen atoms in total. The molecule has 0 bridgehead atoms. The number of carbonyl (C=O) groups excluding carboxylic acids is 3. The fourth-order valence-electron chi connectivity index (χ4n) is 3.42. The van der Waals surface area contributed by atoms with E-state index in [4.69, 9.17) is 0 Å². The van der Waals surface area contributed by atoms with Crippen molar-refractivity contribution in [1.29, 1.82) is 0 Å². The van der Waals surface area contributed by atoms with Crippen LogP contribution in [-0.2, 0) is 0 Å². The summed E-state index contributed by atoms with van der Waals surface area (Å²) in [5.74, 6) is -0.113. The Balaban J connectivity index is 1.41. The monoisotopic (exact) mass is 392 g/mol. The maximum absolute atomic E-state index is 12.9. The molecule has 0 atom stereocenters. The average Bonchev–Trinajstić information content (AvgIpc) is 3.23. The lowest BCUT2D eigenvalue weighted by Crippen LogP contribution is -2.50. The number of carbonyl (C=O) groups is 3. The number of Topliss-reactive ketones (excluding diaryl/α,β-unsaturated/α-hetero) is 1. The standard InChI is InChI=1S/C22H20N2O3S/c1-15(25)19-8-9-20(28-19)22(27)24-12-10-23(11-13-24)21(26)18-7-6-16-4-2-3-5-17(16)14-18/h2-9,14H,10-13H2,1H3. The van der Waals surface area contributed by atoms with Crippen molar-refractivity contribution in [3.05, 3.63) is 69.9 Å². The van der Waals surface area contributed by atoms with E-state index in [9.17, 15) is 14.4 Å². The largest absolute Gasteiger partial charge is 0.335 e. The van der Waals surface area contributed by atoms with Gasteiger partial charge in [0.25, 0.3) is 11.8 Å². The second-order valence-corrected chi connectivity index (χ2v) is 7.95. The molecule has 0 aliphatic carbocycles. The number of ketones is 1. The van der Waals surface area contributed by atoms with E-state index in [2.05, 4.69) is 0 Å². The third-order valence-corrected chi connectivity index (χ3v) is 6.19. The summed E-state index contributed by atoms with van der Waals surface area (Å²) in [4.78, 5) is 41.6. The van der Waals surface area contributed by atoms with Crippen LogP contribution in [0.1, 0.15) is 36.6 Å². The van der Waals surface area contributed by atoms with Crippen molar-refractivity contribution in [3.63, 3.8) is 0 Å². The number of amides is 2. The summed E-state index contributed by atoms with van der Waals surface area (Å²) in [7, 11) is 0. The van der Waals surface area contributed by atoms with Gasteiger partial charge in [0, 0.05) is 31.7 Å². The molecule has 142 valence electrons. The van der Waals surface area contributed by atoms with Gasteiger partial charge >= 0.3 is 0 Å². The van der Waals surface area contributed by atoms with E-state index in [-0.39, 0.29) is 17.6 Å². The summed E-state index contributed by atoms with van der Waals surface area (Å²) in [5, 5.41) is 2.15. The van der Waals surface area contributed by atoms with Gasteiger partial charge in [-0.25, -0.2) is 0 Å². The van der Waals surface area contributed by atoms with Crippen molar-refractivity contribution in [2.24, 2.45) is 0 Å². The lowest BCUT2D eigenvalue weighted by molar-refractivity contribution is 0.0538. The Labute approximate surface area is 167 Å². The molecular weight excluding hydrogens is 372 g/mol. The lowest BCUT2D eigenvalue weighted by atomic mass is 10.1. The van der Waals surface area contributed by atoms with Gasteiger partial charge in [-0.1, -0.05) is 30.3 Å². The van der Waals surface area contributed by atoms with Crippen LogP contribution in [0.2, 0.25) is 0 Å². The zero-order valence-corrected chi connectivity index (χ0v) is 16.4. The van der Waals surface area contributed by atoms with Crippen LogP contribution < -0.4 is 0 Å². The highest BCUT2D eigenvalue weighted by Crippen LogP contribution is 2.21. The van der Waals surface area contributed by atoms with E-state index in [0.29, 0.717) is 41.5 Å². The molecule has 0 N–H and O–H groups in total. The quantitative estimate of drug-likeness (QED) is 0.639. The number of rotatable bonds is 3. The summed E-state index contributed by atoms with van der Waals surface area (Å²) in [6, 6.07) is 17.1. The number of nitrogens with zero attached hydrogens (tertiary/aromatic N) is 2. The number of thiophene rings is 1. The molecule has 2 aromatic carbocycles. The molecule has 1 saturated heterocycles. The fraction of sp³-hybridized carbons (Fsp3) is 0.227. The second-order valence-electron chi connectivity index (χ2n) is 6.87. The average molecular weight is 392 g/mol. The molecule has 2 amide bonds. The molecule has 1 aromatic heterocycles. The summed E-state index contributed by atoms with van der Waals surface area (Å²) in [6.07, 6.45) is 0. The zero-order valence-electron chi connectivity index (χ0n) is 15.6. The number of hydrogen-bond acceptors (Lipinski definition) is 4. The van der Waals surface area contributed by atoms with Gasteiger partial charge in [-0.15, -0.1) is 11.3 Å². The minimum atomic E-state index is -0.0738.